The van der Waals surface area contributed by atoms with Crippen LogP contribution >= 0.6 is 15.9 Å². The zero-order valence-corrected chi connectivity index (χ0v) is 13.7. The van der Waals surface area contributed by atoms with Gasteiger partial charge in [0.05, 0.1) is 17.2 Å². The van der Waals surface area contributed by atoms with Crippen molar-refractivity contribution < 1.29 is 14.7 Å². The SMILES string of the molecule is O=C(O)C1CCCN1C(=O)Cn1cnc2ccc(Br)cc2c1=O. The second-order valence-corrected chi connectivity index (χ2v) is 6.34. The van der Waals surface area contributed by atoms with Gasteiger partial charge in [-0.25, -0.2) is 9.78 Å². The number of halogens is 1. The van der Waals surface area contributed by atoms with Gasteiger partial charge in [-0.3, -0.25) is 14.2 Å². The van der Waals surface area contributed by atoms with Crippen LogP contribution in [-0.4, -0.2) is 44.0 Å². The molecular formula is C15H14BrN3O4. The van der Waals surface area contributed by atoms with Crippen LogP contribution in [-0.2, 0) is 16.1 Å². The lowest BCUT2D eigenvalue weighted by Gasteiger charge is -2.21. The van der Waals surface area contributed by atoms with E-state index in [1.54, 1.807) is 18.2 Å². The molecule has 3 rings (SSSR count). The first-order chi connectivity index (χ1) is 11.0. The third-order valence-electron chi connectivity index (χ3n) is 3.95. The summed E-state index contributed by atoms with van der Waals surface area (Å²) in [7, 11) is 0. The number of hydrogen-bond donors (Lipinski definition) is 1. The number of carboxylic acid groups (broad SMARTS) is 1. The highest BCUT2D eigenvalue weighted by Crippen LogP contribution is 2.18. The zero-order chi connectivity index (χ0) is 16.6. The molecule has 23 heavy (non-hydrogen) atoms. The quantitative estimate of drug-likeness (QED) is 0.865. The van der Waals surface area contributed by atoms with E-state index in [0.29, 0.717) is 30.3 Å². The van der Waals surface area contributed by atoms with Gasteiger partial charge in [-0.2, -0.15) is 0 Å². The molecule has 0 bridgehead atoms. The van der Waals surface area contributed by atoms with E-state index in [-0.39, 0.29) is 18.0 Å². The maximum atomic E-state index is 12.5. The van der Waals surface area contributed by atoms with Crippen molar-refractivity contribution in [3.8, 4) is 0 Å². The summed E-state index contributed by atoms with van der Waals surface area (Å²) in [6.07, 6.45) is 2.42. The van der Waals surface area contributed by atoms with Gasteiger partial charge >= 0.3 is 5.97 Å². The third-order valence-corrected chi connectivity index (χ3v) is 4.44. The number of carbonyl (C=O) groups excluding carboxylic acids is 1. The number of amides is 1. The minimum atomic E-state index is -1.01. The summed E-state index contributed by atoms with van der Waals surface area (Å²) in [6, 6.07) is 4.35. The van der Waals surface area contributed by atoms with Crippen LogP contribution in [0.5, 0.6) is 0 Å². The summed E-state index contributed by atoms with van der Waals surface area (Å²) in [6.45, 7) is 0.190. The van der Waals surface area contributed by atoms with Crippen molar-refractivity contribution in [2.24, 2.45) is 0 Å². The molecule has 7 nitrogen and oxygen atoms in total. The molecule has 1 amide bonds. The van der Waals surface area contributed by atoms with Crippen LogP contribution in [0.2, 0.25) is 0 Å². The second-order valence-electron chi connectivity index (χ2n) is 5.42. The average molecular weight is 380 g/mol. The largest absolute Gasteiger partial charge is 0.480 e. The molecule has 0 saturated carbocycles. The van der Waals surface area contributed by atoms with Crippen molar-refractivity contribution in [2.75, 3.05) is 6.54 Å². The zero-order valence-electron chi connectivity index (χ0n) is 12.1. The Bertz CT molecular complexity index is 848. The van der Waals surface area contributed by atoms with Gasteiger partial charge in [-0.05, 0) is 31.0 Å². The lowest BCUT2D eigenvalue weighted by atomic mass is 10.2. The number of fused-ring (bicyclic) bond motifs is 1. The van der Waals surface area contributed by atoms with E-state index in [1.807, 2.05) is 0 Å². The Hall–Kier alpha value is -2.22. The van der Waals surface area contributed by atoms with Crippen molar-refractivity contribution in [3.05, 3.63) is 39.4 Å². The van der Waals surface area contributed by atoms with Crippen LogP contribution in [0, 0.1) is 0 Å². The van der Waals surface area contributed by atoms with Crippen LogP contribution in [0.1, 0.15) is 12.8 Å². The number of carbonyl (C=O) groups is 2. The van der Waals surface area contributed by atoms with Crippen molar-refractivity contribution in [3.63, 3.8) is 0 Å². The number of nitrogens with zero attached hydrogens (tertiary/aromatic N) is 3. The Labute approximate surface area is 139 Å². The van der Waals surface area contributed by atoms with Crippen molar-refractivity contribution >= 4 is 38.7 Å². The second kappa shape index (κ2) is 6.11. The topological polar surface area (TPSA) is 92.5 Å². The molecule has 0 radical (unpaired) electrons. The molecule has 2 aromatic rings. The van der Waals surface area contributed by atoms with Gasteiger partial charge in [0.25, 0.3) is 5.56 Å². The lowest BCUT2D eigenvalue weighted by molar-refractivity contribution is -0.148. The highest BCUT2D eigenvalue weighted by atomic mass is 79.9. The van der Waals surface area contributed by atoms with E-state index in [0.717, 1.165) is 4.47 Å². The Morgan fingerprint density at radius 2 is 2.17 bits per heavy atom. The summed E-state index contributed by atoms with van der Waals surface area (Å²) < 4.78 is 1.97. The number of benzene rings is 1. The fourth-order valence-corrected chi connectivity index (χ4v) is 3.16. The Morgan fingerprint density at radius 1 is 1.39 bits per heavy atom. The number of likely N-dealkylation sites (tertiary alicyclic amines) is 1. The van der Waals surface area contributed by atoms with E-state index in [2.05, 4.69) is 20.9 Å². The molecule has 0 aliphatic carbocycles. The molecule has 1 aliphatic heterocycles. The summed E-state index contributed by atoms with van der Waals surface area (Å²) in [5.74, 6) is -1.39. The number of carboxylic acids is 1. The monoisotopic (exact) mass is 379 g/mol. The summed E-state index contributed by atoms with van der Waals surface area (Å²) in [5, 5.41) is 9.55. The molecular weight excluding hydrogens is 366 g/mol. The smallest absolute Gasteiger partial charge is 0.326 e. The van der Waals surface area contributed by atoms with Crippen LogP contribution in [0.25, 0.3) is 10.9 Å². The van der Waals surface area contributed by atoms with E-state index in [1.165, 1.54) is 15.8 Å². The molecule has 120 valence electrons. The first kappa shape index (κ1) is 15.7. The molecule has 1 unspecified atom stereocenters. The third kappa shape index (κ3) is 2.98. The van der Waals surface area contributed by atoms with Crippen molar-refractivity contribution in [1.29, 1.82) is 0 Å². The first-order valence-electron chi connectivity index (χ1n) is 7.14. The average Bonchev–Trinajstić information content (AvgIpc) is 3.00. The van der Waals surface area contributed by atoms with Gasteiger partial charge in [0, 0.05) is 11.0 Å². The van der Waals surface area contributed by atoms with Gasteiger partial charge in [-0.15, -0.1) is 0 Å². The summed E-state index contributed by atoms with van der Waals surface area (Å²) in [5.41, 5.74) is 0.224. The molecule has 1 aromatic carbocycles. The highest BCUT2D eigenvalue weighted by molar-refractivity contribution is 9.10. The van der Waals surface area contributed by atoms with Gasteiger partial charge in [0.2, 0.25) is 5.91 Å². The Kier molecular flexibility index (Phi) is 4.16. The lowest BCUT2D eigenvalue weighted by Crippen LogP contribution is -2.43. The minimum Gasteiger partial charge on any atom is -0.480 e. The molecule has 1 aromatic heterocycles. The molecule has 1 atom stereocenters. The van der Waals surface area contributed by atoms with E-state index < -0.39 is 12.0 Å². The fraction of sp³-hybridized carbons (Fsp3) is 0.333. The Balaban J connectivity index is 1.89. The van der Waals surface area contributed by atoms with Crippen LogP contribution in [0.15, 0.2) is 33.8 Å². The molecule has 8 heteroatoms. The summed E-state index contributed by atoms with van der Waals surface area (Å²) >= 11 is 3.30. The van der Waals surface area contributed by atoms with E-state index in [9.17, 15) is 14.4 Å². The van der Waals surface area contributed by atoms with Crippen molar-refractivity contribution in [1.82, 2.24) is 14.5 Å². The maximum absolute atomic E-state index is 12.5. The van der Waals surface area contributed by atoms with Crippen LogP contribution in [0.4, 0.5) is 0 Å². The molecule has 1 saturated heterocycles. The van der Waals surface area contributed by atoms with Crippen LogP contribution in [0.3, 0.4) is 0 Å². The number of hydrogen-bond acceptors (Lipinski definition) is 4. The maximum Gasteiger partial charge on any atom is 0.326 e. The van der Waals surface area contributed by atoms with Crippen molar-refractivity contribution in [2.45, 2.75) is 25.4 Å². The first-order valence-corrected chi connectivity index (χ1v) is 7.93. The molecule has 1 aliphatic rings. The van der Waals surface area contributed by atoms with Gasteiger partial charge in [0.15, 0.2) is 0 Å². The number of aliphatic carboxylic acids is 1. The normalized spacial score (nSPS) is 17.6. The highest BCUT2D eigenvalue weighted by Gasteiger charge is 2.33. The standard InChI is InChI=1S/C15H14BrN3O4/c16-9-3-4-11-10(6-9)14(21)18(8-17-11)7-13(20)19-5-1-2-12(19)15(22)23/h3-4,6,8,12H,1-2,5,7H2,(H,22,23). The fourth-order valence-electron chi connectivity index (χ4n) is 2.80. The van der Waals surface area contributed by atoms with Gasteiger partial charge < -0.3 is 10.0 Å². The van der Waals surface area contributed by atoms with Gasteiger partial charge in [-0.1, -0.05) is 15.9 Å². The van der Waals surface area contributed by atoms with E-state index in [4.69, 9.17) is 5.11 Å². The molecule has 0 spiro atoms. The number of aromatic nitrogens is 2. The minimum absolute atomic E-state index is 0.210. The molecule has 1 fully saturated rings. The van der Waals surface area contributed by atoms with E-state index >= 15 is 0 Å². The van der Waals surface area contributed by atoms with Crippen LogP contribution < -0.4 is 5.56 Å². The predicted molar refractivity (Wildman–Crippen MR) is 86.1 cm³/mol. The van der Waals surface area contributed by atoms with Gasteiger partial charge in [0.1, 0.15) is 12.6 Å². The Morgan fingerprint density at radius 3 is 2.91 bits per heavy atom. The summed E-state index contributed by atoms with van der Waals surface area (Å²) in [4.78, 5) is 41.5. The number of rotatable bonds is 3. The predicted octanol–water partition coefficient (Wildman–Crippen LogP) is 1.23. The molecule has 1 N–H and O–H groups in total. The molecule has 2 heterocycles.